The van der Waals surface area contributed by atoms with Crippen molar-refractivity contribution in [1.82, 2.24) is 0 Å². The van der Waals surface area contributed by atoms with Gasteiger partial charge in [0.2, 0.25) is 12.7 Å². The zero-order chi connectivity index (χ0) is 21.6. The standard InChI is InChI=1S/C25H20FNO4.H2/c26-20-7-5-17(15-1-3-16(4-2-15)24(27)29)11-18(20)12-23(28)25(9-10-25)19-6-8-21-22(13-19)31-14-30-21;/h1-8,11,13H,9-10,12,14H2,(H2,27,29);1H. The van der Waals surface area contributed by atoms with E-state index in [0.29, 0.717) is 22.6 Å². The molecule has 31 heavy (non-hydrogen) atoms. The second-order valence-electron chi connectivity index (χ2n) is 8.00. The van der Waals surface area contributed by atoms with Gasteiger partial charge in [-0.3, -0.25) is 9.59 Å². The Bertz CT molecular complexity index is 1210. The van der Waals surface area contributed by atoms with E-state index in [4.69, 9.17) is 15.2 Å². The van der Waals surface area contributed by atoms with E-state index >= 15 is 0 Å². The van der Waals surface area contributed by atoms with E-state index in [1.807, 2.05) is 18.2 Å². The minimum Gasteiger partial charge on any atom is -0.454 e. The molecule has 1 saturated carbocycles. The zero-order valence-electron chi connectivity index (χ0n) is 16.7. The van der Waals surface area contributed by atoms with Gasteiger partial charge in [0.15, 0.2) is 11.5 Å². The van der Waals surface area contributed by atoms with Crippen molar-refractivity contribution in [1.29, 1.82) is 0 Å². The largest absolute Gasteiger partial charge is 0.454 e. The second-order valence-corrected chi connectivity index (χ2v) is 8.00. The summed E-state index contributed by atoms with van der Waals surface area (Å²) in [7, 11) is 0. The maximum absolute atomic E-state index is 14.6. The summed E-state index contributed by atoms with van der Waals surface area (Å²) >= 11 is 0. The van der Waals surface area contributed by atoms with Gasteiger partial charge in [-0.15, -0.1) is 0 Å². The molecule has 5 rings (SSSR count). The minimum absolute atomic E-state index is 0. The van der Waals surface area contributed by atoms with Crippen molar-refractivity contribution in [3.05, 3.63) is 83.2 Å². The van der Waals surface area contributed by atoms with Crippen LogP contribution in [0.2, 0.25) is 0 Å². The molecule has 2 aliphatic rings. The average Bonchev–Trinajstić information content (AvgIpc) is 3.46. The van der Waals surface area contributed by atoms with Crippen LogP contribution in [0.1, 0.15) is 35.8 Å². The molecule has 0 bridgehead atoms. The lowest BCUT2D eigenvalue weighted by molar-refractivity contribution is -0.120. The lowest BCUT2D eigenvalue weighted by Crippen LogP contribution is -2.23. The fourth-order valence-corrected chi connectivity index (χ4v) is 4.11. The summed E-state index contributed by atoms with van der Waals surface area (Å²) in [5.74, 6) is 0.395. The molecule has 1 heterocycles. The Morgan fingerprint density at radius 3 is 2.35 bits per heavy atom. The quantitative estimate of drug-likeness (QED) is 0.642. The minimum atomic E-state index is -0.591. The van der Waals surface area contributed by atoms with Crippen LogP contribution in [0.3, 0.4) is 0 Å². The number of rotatable bonds is 6. The van der Waals surface area contributed by atoms with Crippen LogP contribution in [-0.4, -0.2) is 18.5 Å². The van der Waals surface area contributed by atoms with Crippen LogP contribution in [0.15, 0.2) is 60.7 Å². The van der Waals surface area contributed by atoms with Gasteiger partial charge in [-0.2, -0.15) is 0 Å². The highest BCUT2D eigenvalue weighted by atomic mass is 19.1. The molecule has 1 fully saturated rings. The molecule has 1 aliphatic heterocycles. The first kappa shape index (κ1) is 19.3. The molecular weight excluding hydrogens is 397 g/mol. The van der Waals surface area contributed by atoms with Gasteiger partial charge < -0.3 is 15.2 Å². The monoisotopic (exact) mass is 419 g/mol. The number of Topliss-reactive ketones (excluding diaryl/α,β-unsaturated/α-hetero) is 1. The molecule has 6 heteroatoms. The van der Waals surface area contributed by atoms with Gasteiger partial charge in [-0.1, -0.05) is 24.3 Å². The Hall–Kier alpha value is -3.67. The smallest absolute Gasteiger partial charge is 0.248 e. The number of fused-ring (bicyclic) bond motifs is 1. The summed E-state index contributed by atoms with van der Waals surface area (Å²) < 4.78 is 25.4. The number of primary amides is 1. The summed E-state index contributed by atoms with van der Waals surface area (Å²) in [6.45, 7) is 0.179. The van der Waals surface area contributed by atoms with Crippen LogP contribution in [0.4, 0.5) is 4.39 Å². The number of halogens is 1. The van der Waals surface area contributed by atoms with Crippen molar-refractivity contribution >= 4 is 11.7 Å². The third kappa shape index (κ3) is 3.44. The van der Waals surface area contributed by atoms with E-state index in [1.165, 1.54) is 6.07 Å². The van der Waals surface area contributed by atoms with Crippen LogP contribution in [0, 0.1) is 5.82 Å². The molecule has 0 saturated heterocycles. The van der Waals surface area contributed by atoms with Gasteiger partial charge in [-0.05, 0) is 71.5 Å². The van der Waals surface area contributed by atoms with Gasteiger partial charge in [0.25, 0.3) is 0 Å². The second kappa shape index (κ2) is 7.23. The number of ketones is 1. The summed E-state index contributed by atoms with van der Waals surface area (Å²) in [5.41, 5.74) is 7.93. The van der Waals surface area contributed by atoms with Gasteiger partial charge in [0, 0.05) is 13.4 Å². The average molecular weight is 419 g/mol. The van der Waals surface area contributed by atoms with E-state index in [1.54, 1.807) is 36.4 Å². The molecule has 3 aromatic rings. The molecule has 0 spiro atoms. The number of benzene rings is 3. The van der Waals surface area contributed by atoms with Crippen molar-refractivity contribution in [3.63, 3.8) is 0 Å². The van der Waals surface area contributed by atoms with Gasteiger partial charge in [-0.25, -0.2) is 4.39 Å². The highest BCUT2D eigenvalue weighted by Crippen LogP contribution is 2.51. The molecule has 5 nitrogen and oxygen atoms in total. The summed E-state index contributed by atoms with van der Waals surface area (Å²) in [6, 6.07) is 17.1. The normalized spacial score (nSPS) is 15.5. The Morgan fingerprint density at radius 2 is 1.65 bits per heavy atom. The van der Waals surface area contributed by atoms with Gasteiger partial charge in [0.1, 0.15) is 11.6 Å². The summed E-state index contributed by atoms with van der Waals surface area (Å²) in [5, 5.41) is 0. The van der Waals surface area contributed by atoms with Crippen LogP contribution in [0.25, 0.3) is 11.1 Å². The maximum atomic E-state index is 14.6. The first-order chi connectivity index (χ1) is 15.0. The van der Waals surface area contributed by atoms with Crippen molar-refractivity contribution in [2.24, 2.45) is 5.73 Å². The van der Waals surface area contributed by atoms with E-state index < -0.39 is 17.1 Å². The topological polar surface area (TPSA) is 78.6 Å². The van der Waals surface area contributed by atoms with Gasteiger partial charge in [0.05, 0.1) is 5.41 Å². The Labute approximate surface area is 180 Å². The first-order valence-corrected chi connectivity index (χ1v) is 10.1. The fraction of sp³-hybridized carbons (Fsp3) is 0.200. The molecule has 1 amide bonds. The van der Waals surface area contributed by atoms with E-state index in [0.717, 1.165) is 29.5 Å². The number of carbonyl (C=O) groups is 2. The molecule has 158 valence electrons. The number of amides is 1. The zero-order valence-corrected chi connectivity index (χ0v) is 16.7. The molecule has 3 aromatic carbocycles. The Balaban J connectivity index is 0.00000245. The van der Waals surface area contributed by atoms with Crippen molar-refractivity contribution < 1.29 is 24.9 Å². The molecule has 1 aliphatic carbocycles. The Kier molecular flexibility index (Phi) is 4.50. The third-order valence-electron chi connectivity index (χ3n) is 6.11. The third-order valence-corrected chi connectivity index (χ3v) is 6.11. The van der Waals surface area contributed by atoms with E-state index in [2.05, 4.69) is 0 Å². The predicted octanol–water partition coefficient (Wildman–Crippen LogP) is 4.41. The summed E-state index contributed by atoms with van der Waals surface area (Å²) in [6.07, 6.45) is 1.48. The lowest BCUT2D eigenvalue weighted by atomic mass is 9.87. The molecular formula is C25H22FNO4. The predicted molar refractivity (Wildman–Crippen MR) is 115 cm³/mol. The van der Waals surface area contributed by atoms with Crippen LogP contribution < -0.4 is 15.2 Å². The van der Waals surface area contributed by atoms with Crippen molar-refractivity contribution in [2.75, 3.05) is 6.79 Å². The van der Waals surface area contributed by atoms with E-state index in [-0.39, 0.29) is 20.4 Å². The summed E-state index contributed by atoms with van der Waals surface area (Å²) in [4.78, 5) is 24.5. The van der Waals surface area contributed by atoms with Crippen LogP contribution in [-0.2, 0) is 16.6 Å². The molecule has 0 aromatic heterocycles. The van der Waals surface area contributed by atoms with E-state index in [9.17, 15) is 14.0 Å². The van der Waals surface area contributed by atoms with Crippen LogP contribution in [0.5, 0.6) is 11.5 Å². The number of carbonyl (C=O) groups excluding carboxylic acids is 2. The lowest BCUT2D eigenvalue weighted by Gasteiger charge is -2.16. The number of nitrogens with two attached hydrogens (primary N) is 1. The van der Waals surface area contributed by atoms with Gasteiger partial charge >= 0.3 is 0 Å². The SMILES string of the molecule is NC(=O)c1ccc(-c2ccc(F)c(CC(=O)C3(c4ccc5c(c4)OCO5)CC3)c2)cc1.[HH]. The fourth-order valence-electron chi connectivity index (χ4n) is 4.11. The number of ether oxygens (including phenoxy) is 2. The highest BCUT2D eigenvalue weighted by Gasteiger charge is 2.51. The molecule has 0 unspecified atom stereocenters. The maximum Gasteiger partial charge on any atom is 0.248 e. The molecule has 2 N–H and O–H groups in total. The Morgan fingerprint density at radius 1 is 0.935 bits per heavy atom. The number of hydrogen-bond acceptors (Lipinski definition) is 4. The molecule has 0 radical (unpaired) electrons. The highest BCUT2D eigenvalue weighted by molar-refractivity contribution is 5.95. The van der Waals surface area contributed by atoms with Crippen molar-refractivity contribution in [2.45, 2.75) is 24.7 Å². The van der Waals surface area contributed by atoms with Crippen molar-refractivity contribution in [3.8, 4) is 22.6 Å². The molecule has 0 atom stereocenters. The first-order valence-electron chi connectivity index (χ1n) is 10.1. The number of hydrogen-bond donors (Lipinski definition) is 1. The van der Waals surface area contributed by atoms with Crippen LogP contribution >= 0.6 is 0 Å².